The molecule has 0 fully saturated rings. The van der Waals surface area contributed by atoms with E-state index in [4.69, 9.17) is 4.74 Å². The molecule has 66 valence electrons. The van der Waals surface area contributed by atoms with Crippen LogP contribution in [0.25, 0.3) is 0 Å². The van der Waals surface area contributed by atoms with E-state index in [1.165, 1.54) is 0 Å². The van der Waals surface area contributed by atoms with Gasteiger partial charge in [0, 0.05) is 18.7 Å². The van der Waals surface area contributed by atoms with Crippen LogP contribution in [-0.4, -0.2) is 18.5 Å². The first-order chi connectivity index (χ1) is 5.83. The van der Waals surface area contributed by atoms with Crippen LogP contribution in [0.4, 0.5) is 0 Å². The van der Waals surface area contributed by atoms with Crippen LogP contribution in [-0.2, 0) is 4.74 Å². The average Bonchev–Trinajstić information content (AvgIpc) is 2.06. The second kappa shape index (κ2) is 4.88. The maximum Gasteiger partial charge on any atom is 0.145 e. The topological polar surface area (TPSA) is 21.6 Å². The Labute approximate surface area is 73.6 Å². The van der Waals surface area contributed by atoms with Crippen LogP contribution in [0.15, 0.2) is 29.3 Å². The highest BCUT2D eigenvalue weighted by molar-refractivity contribution is 5.97. The third-order valence-corrected chi connectivity index (χ3v) is 1.62. The lowest BCUT2D eigenvalue weighted by Crippen LogP contribution is -2.08. The minimum Gasteiger partial charge on any atom is -0.357 e. The molecule has 0 bridgehead atoms. The van der Waals surface area contributed by atoms with Crippen LogP contribution in [0.1, 0.15) is 20.3 Å². The molecule has 0 aliphatic heterocycles. The fourth-order valence-corrected chi connectivity index (χ4v) is 1.11. The number of hydrogen-bond acceptors (Lipinski definition) is 2. The summed E-state index contributed by atoms with van der Waals surface area (Å²) in [6.07, 6.45) is 9.06. The van der Waals surface area contributed by atoms with E-state index < -0.39 is 0 Å². The zero-order valence-corrected chi connectivity index (χ0v) is 7.66. The Morgan fingerprint density at radius 2 is 2.42 bits per heavy atom. The smallest absolute Gasteiger partial charge is 0.145 e. The highest BCUT2D eigenvalue weighted by Gasteiger charge is 1.99. The van der Waals surface area contributed by atoms with Crippen molar-refractivity contribution in [1.29, 1.82) is 0 Å². The first-order valence-corrected chi connectivity index (χ1v) is 4.34. The van der Waals surface area contributed by atoms with Crippen LogP contribution in [0, 0.1) is 0 Å². The van der Waals surface area contributed by atoms with Gasteiger partial charge >= 0.3 is 0 Å². The molecule has 0 saturated heterocycles. The van der Waals surface area contributed by atoms with Crippen LogP contribution >= 0.6 is 0 Å². The van der Waals surface area contributed by atoms with Gasteiger partial charge < -0.3 is 4.74 Å². The monoisotopic (exact) mass is 165 g/mol. The van der Waals surface area contributed by atoms with Gasteiger partial charge in [0.2, 0.25) is 0 Å². The molecule has 12 heavy (non-hydrogen) atoms. The second-order valence-electron chi connectivity index (χ2n) is 2.67. The highest BCUT2D eigenvalue weighted by atomic mass is 16.5. The molecule has 2 heteroatoms. The van der Waals surface area contributed by atoms with Gasteiger partial charge in [0.25, 0.3) is 0 Å². The van der Waals surface area contributed by atoms with Gasteiger partial charge in [-0.15, -0.1) is 0 Å². The molecule has 0 spiro atoms. The molecule has 0 saturated carbocycles. The van der Waals surface area contributed by atoms with Gasteiger partial charge in [-0.1, -0.05) is 18.2 Å². The molecule has 0 heterocycles. The average molecular weight is 165 g/mol. The standard InChI is InChI=1S/C10H15NO/c1-3-12-9(2)11-10-7-5-4-6-8-10/h4-7,9H,3,8H2,1-2H3/b11-10-. The molecule has 1 atom stereocenters. The van der Waals surface area contributed by atoms with Crippen molar-refractivity contribution in [2.75, 3.05) is 6.61 Å². The van der Waals surface area contributed by atoms with Gasteiger partial charge in [0.1, 0.15) is 6.23 Å². The van der Waals surface area contributed by atoms with Gasteiger partial charge in [0.05, 0.1) is 0 Å². The van der Waals surface area contributed by atoms with Crippen molar-refractivity contribution in [1.82, 2.24) is 0 Å². The number of nitrogens with zero attached hydrogens (tertiary/aromatic N) is 1. The zero-order chi connectivity index (χ0) is 8.81. The van der Waals surface area contributed by atoms with E-state index in [2.05, 4.69) is 11.1 Å². The molecule has 1 unspecified atom stereocenters. The van der Waals surface area contributed by atoms with Crippen molar-refractivity contribution in [3.8, 4) is 0 Å². The van der Waals surface area contributed by atoms with Gasteiger partial charge in [-0.25, -0.2) is 0 Å². The van der Waals surface area contributed by atoms with Crippen molar-refractivity contribution in [3.05, 3.63) is 24.3 Å². The van der Waals surface area contributed by atoms with Crippen LogP contribution < -0.4 is 0 Å². The first-order valence-electron chi connectivity index (χ1n) is 4.34. The summed E-state index contributed by atoms with van der Waals surface area (Å²) in [5.41, 5.74) is 1.10. The third-order valence-electron chi connectivity index (χ3n) is 1.62. The first kappa shape index (κ1) is 9.20. The van der Waals surface area contributed by atoms with Crippen LogP contribution in [0.3, 0.4) is 0 Å². The van der Waals surface area contributed by atoms with Crippen molar-refractivity contribution in [3.63, 3.8) is 0 Å². The second-order valence-corrected chi connectivity index (χ2v) is 2.67. The molecule has 1 rings (SSSR count). The Morgan fingerprint density at radius 3 is 3.00 bits per heavy atom. The Kier molecular flexibility index (Phi) is 3.74. The summed E-state index contributed by atoms with van der Waals surface area (Å²) in [5, 5.41) is 0. The van der Waals surface area contributed by atoms with Crippen LogP contribution in [0.5, 0.6) is 0 Å². The summed E-state index contributed by atoms with van der Waals surface area (Å²) >= 11 is 0. The third kappa shape index (κ3) is 3.01. The predicted molar refractivity (Wildman–Crippen MR) is 51.4 cm³/mol. The largest absolute Gasteiger partial charge is 0.357 e. The number of allylic oxidation sites excluding steroid dienone is 4. The lowest BCUT2D eigenvalue weighted by molar-refractivity contribution is 0.0831. The minimum absolute atomic E-state index is 0.0128. The maximum atomic E-state index is 5.30. The zero-order valence-electron chi connectivity index (χ0n) is 7.66. The lowest BCUT2D eigenvalue weighted by atomic mass is 10.1. The van der Waals surface area contributed by atoms with E-state index in [0.717, 1.165) is 18.7 Å². The van der Waals surface area contributed by atoms with Crippen molar-refractivity contribution in [2.45, 2.75) is 26.5 Å². The number of aliphatic imine (C=N–C) groups is 1. The van der Waals surface area contributed by atoms with E-state index in [1.807, 2.05) is 32.1 Å². The lowest BCUT2D eigenvalue weighted by Gasteiger charge is -2.08. The molecular formula is C10H15NO. The summed E-state index contributed by atoms with van der Waals surface area (Å²) in [6.45, 7) is 4.66. The molecule has 0 N–H and O–H groups in total. The van der Waals surface area contributed by atoms with Crippen molar-refractivity contribution >= 4 is 5.71 Å². The molecule has 2 nitrogen and oxygen atoms in total. The van der Waals surface area contributed by atoms with E-state index in [9.17, 15) is 0 Å². The quantitative estimate of drug-likeness (QED) is 0.629. The van der Waals surface area contributed by atoms with Crippen molar-refractivity contribution < 1.29 is 4.74 Å². The SMILES string of the molecule is CCOC(C)/N=C1/C=CC=CC1. The fourth-order valence-electron chi connectivity index (χ4n) is 1.11. The summed E-state index contributed by atoms with van der Waals surface area (Å²) in [5.74, 6) is 0. The Morgan fingerprint density at radius 1 is 1.58 bits per heavy atom. The van der Waals surface area contributed by atoms with E-state index in [-0.39, 0.29) is 6.23 Å². The molecule has 0 aromatic heterocycles. The molecule has 1 aliphatic rings. The maximum absolute atomic E-state index is 5.30. The van der Waals surface area contributed by atoms with Gasteiger partial charge in [-0.05, 0) is 19.9 Å². The fraction of sp³-hybridized carbons (Fsp3) is 0.500. The summed E-state index contributed by atoms with van der Waals surface area (Å²) in [7, 11) is 0. The van der Waals surface area contributed by atoms with Gasteiger partial charge in [-0.2, -0.15) is 0 Å². The minimum atomic E-state index is -0.0128. The number of hydrogen-bond donors (Lipinski definition) is 0. The molecule has 0 aromatic carbocycles. The predicted octanol–water partition coefficient (Wildman–Crippen LogP) is 2.33. The van der Waals surface area contributed by atoms with Crippen LogP contribution in [0.2, 0.25) is 0 Å². The summed E-state index contributed by atoms with van der Waals surface area (Å²) < 4.78 is 5.30. The summed E-state index contributed by atoms with van der Waals surface area (Å²) in [4.78, 5) is 4.38. The van der Waals surface area contributed by atoms with E-state index >= 15 is 0 Å². The Hall–Kier alpha value is -0.890. The number of ether oxygens (including phenoxy) is 1. The molecule has 0 aromatic rings. The molecular weight excluding hydrogens is 150 g/mol. The van der Waals surface area contributed by atoms with E-state index in [1.54, 1.807) is 0 Å². The van der Waals surface area contributed by atoms with Gasteiger partial charge in [-0.3, -0.25) is 4.99 Å². The number of rotatable bonds is 3. The Bertz CT molecular complexity index is 216. The van der Waals surface area contributed by atoms with E-state index in [0.29, 0.717) is 0 Å². The van der Waals surface area contributed by atoms with Gasteiger partial charge in [0.15, 0.2) is 0 Å². The Balaban J connectivity index is 2.45. The van der Waals surface area contributed by atoms with Crippen molar-refractivity contribution in [2.24, 2.45) is 4.99 Å². The summed E-state index contributed by atoms with van der Waals surface area (Å²) in [6, 6.07) is 0. The molecule has 1 aliphatic carbocycles. The highest BCUT2D eigenvalue weighted by Crippen LogP contribution is 2.02. The molecule has 0 radical (unpaired) electrons. The normalized spacial score (nSPS) is 21.7. The molecule has 0 amide bonds.